The molecule has 1 unspecified atom stereocenters. The van der Waals surface area contributed by atoms with E-state index in [9.17, 15) is 0 Å². The number of nitrogens with zero attached hydrogens (tertiary/aromatic N) is 2. The average molecular weight is 235 g/mol. The van der Waals surface area contributed by atoms with E-state index in [4.69, 9.17) is 0 Å². The van der Waals surface area contributed by atoms with Gasteiger partial charge in [0.05, 0.1) is 0 Å². The molecule has 0 saturated heterocycles. The molecule has 1 aromatic heterocycles. The highest BCUT2D eigenvalue weighted by molar-refractivity contribution is 5.22. The van der Waals surface area contributed by atoms with Crippen molar-refractivity contribution < 1.29 is 0 Å². The van der Waals surface area contributed by atoms with Crippen molar-refractivity contribution in [3.8, 4) is 0 Å². The van der Waals surface area contributed by atoms with E-state index in [0.717, 1.165) is 30.9 Å². The Morgan fingerprint density at radius 3 is 2.18 bits per heavy atom. The number of aryl methyl sites for hydroxylation is 2. The highest BCUT2D eigenvalue weighted by atomic mass is 14.9. The minimum absolute atomic E-state index is 0.622. The van der Waals surface area contributed by atoms with Crippen LogP contribution < -0.4 is 5.32 Å². The van der Waals surface area contributed by atoms with Crippen LogP contribution >= 0.6 is 0 Å². The number of rotatable bonds is 6. The highest BCUT2D eigenvalue weighted by Gasteiger charge is 2.09. The van der Waals surface area contributed by atoms with E-state index >= 15 is 0 Å². The zero-order valence-electron chi connectivity index (χ0n) is 11.7. The van der Waals surface area contributed by atoms with E-state index < -0.39 is 0 Å². The third-order valence-corrected chi connectivity index (χ3v) is 2.97. The van der Waals surface area contributed by atoms with Gasteiger partial charge in [0.15, 0.2) is 0 Å². The van der Waals surface area contributed by atoms with Gasteiger partial charge in [0.1, 0.15) is 6.33 Å². The molecule has 1 N–H and O–H groups in total. The molecule has 1 heterocycles. The first-order valence-corrected chi connectivity index (χ1v) is 6.48. The zero-order valence-corrected chi connectivity index (χ0v) is 11.7. The van der Waals surface area contributed by atoms with Gasteiger partial charge in [0, 0.05) is 11.4 Å². The molecule has 0 aliphatic rings. The second kappa shape index (κ2) is 6.70. The maximum absolute atomic E-state index is 4.27. The molecule has 1 atom stereocenters. The van der Waals surface area contributed by atoms with Crippen molar-refractivity contribution in [1.82, 2.24) is 15.3 Å². The molecule has 3 nitrogen and oxygen atoms in total. The summed E-state index contributed by atoms with van der Waals surface area (Å²) in [6.45, 7) is 13.0. The topological polar surface area (TPSA) is 37.8 Å². The molecular weight excluding hydrogens is 210 g/mol. The number of nitrogens with one attached hydrogen (secondary N) is 1. The molecule has 0 spiro atoms. The fourth-order valence-corrected chi connectivity index (χ4v) is 1.95. The van der Waals surface area contributed by atoms with Crippen molar-refractivity contribution in [1.29, 1.82) is 0 Å². The van der Waals surface area contributed by atoms with Gasteiger partial charge < -0.3 is 5.32 Å². The smallest absolute Gasteiger partial charge is 0.115 e. The molecule has 1 rings (SSSR count). The first-order valence-electron chi connectivity index (χ1n) is 6.48. The fraction of sp³-hybridized carbons (Fsp3) is 0.714. The van der Waals surface area contributed by atoms with Crippen molar-refractivity contribution in [3.05, 3.63) is 23.3 Å². The van der Waals surface area contributed by atoms with Crippen molar-refractivity contribution in [3.63, 3.8) is 0 Å². The normalized spacial score (nSPS) is 13.1. The predicted octanol–water partition coefficient (Wildman–Crippen LogP) is 2.52. The van der Waals surface area contributed by atoms with Crippen molar-refractivity contribution in [2.75, 3.05) is 13.1 Å². The minimum atomic E-state index is 0.622. The van der Waals surface area contributed by atoms with Gasteiger partial charge in [-0.2, -0.15) is 0 Å². The van der Waals surface area contributed by atoms with Crippen LogP contribution in [0.3, 0.4) is 0 Å². The summed E-state index contributed by atoms with van der Waals surface area (Å²) in [6, 6.07) is 0. The van der Waals surface area contributed by atoms with Gasteiger partial charge in [-0.1, -0.05) is 20.8 Å². The zero-order chi connectivity index (χ0) is 12.8. The molecule has 0 aromatic carbocycles. The average Bonchev–Trinajstić information content (AvgIpc) is 2.23. The fourth-order valence-electron chi connectivity index (χ4n) is 1.95. The van der Waals surface area contributed by atoms with E-state index in [1.807, 2.05) is 0 Å². The summed E-state index contributed by atoms with van der Waals surface area (Å²) in [4.78, 5) is 8.54. The Morgan fingerprint density at radius 2 is 1.65 bits per heavy atom. The van der Waals surface area contributed by atoms with Crippen LogP contribution in [0.15, 0.2) is 6.33 Å². The Hall–Kier alpha value is -0.960. The lowest BCUT2D eigenvalue weighted by Crippen LogP contribution is -2.26. The maximum Gasteiger partial charge on any atom is 0.115 e. The molecule has 0 aliphatic heterocycles. The van der Waals surface area contributed by atoms with Crippen LogP contribution in [0.4, 0.5) is 0 Å². The summed E-state index contributed by atoms with van der Waals surface area (Å²) in [7, 11) is 0. The monoisotopic (exact) mass is 235 g/mol. The Labute approximate surface area is 105 Å². The molecule has 0 aliphatic carbocycles. The molecule has 96 valence electrons. The van der Waals surface area contributed by atoms with Crippen LogP contribution in [-0.2, 0) is 6.42 Å². The molecule has 0 saturated carbocycles. The third kappa shape index (κ3) is 4.82. The molecular formula is C14H25N3. The van der Waals surface area contributed by atoms with Gasteiger partial charge in [-0.05, 0) is 50.8 Å². The van der Waals surface area contributed by atoms with Gasteiger partial charge >= 0.3 is 0 Å². The summed E-state index contributed by atoms with van der Waals surface area (Å²) in [5.41, 5.74) is 3.55. The maximum atomic E-state index is 4.27. The SMILES string of the molecule is Cc1ncnc(C)c1CC(C)CNCC(C)C. The van der Waals surface area contributed by atoms with Crippen LogP contribution in [0, 0.1) is 25.7 Å². The lowest BCUT2D eigenvalue weighted by Gasteiger charge is -2.16. The van der Waals surface area contributed by atoms with E-state index in [2.05, 4.69) is 49.9 Å². The molecule has 3 heteroatoms. The predicted molar refractivity (Wildman–Crippen MR) is 72.1 cm³/mol. The van der Waals surface area contributed by atoms with Crippen molar-refractivity contribution >= 4 is 0 Å². The molecule has 17 heavy (non-hydrogen) atoms. The molecule has 0 fully saturated rings. The quantitative estimate of drug-likeness (QED) is 0.823. The summed E-state index contributed by atoms with van der Waals surface area (Å²) in [5.74, 6) is 1.34. The minimum Gasteiger partial charge on any atom is -0.316 e. The molecule has 0 radical (unpaired) electrons. The molecule has 0 amide bonds. The number of hydrogen-bond donors (Lipinski definition) is 1. The summed E-state index contributed by atoms with van der Waals surface area (Å²) >= 11 is 0. The summed E-state index contributed by atoms with van der Waals surface area (Å²) < 4.78 is 0. The second-order valence-electron chi connectivity index (χ2n) is 5.38. The Bertz CT molecular complexity index is 327. The van der Waals surface area contributed by atoms with Gasteiger partial charge in [0.2, 0.25) is 0 Å². The number of aromatic nitrogens is 2. The van der Waals surface area contributed by atoms with Crippen LogP contribution in [-0.4, -0.2) is 23.1 Å². The second-order valence-corrected chi connectivity index (χ2v) is 5.38. The van der Waals surface area contributed by atoms with Gasteiger partial charge in [-0.15, -0.1) is 0 Å². The standard InChI is InChI=1S/C14H25N3/c1-10(2)7-15-8-11(3)6-14-12(4)16-9-17-13(14)5/h9-11,15H,6-8H2,1-5H3. The van der Waals surface area contributed by atoms with E-state index in [-0.39, 0.29) is 0 Å². The van der Waals surface area contributed by atoms with E-state index in [0.29, 0.717) is 11.8 Å². The van der Waals surface area contributed by atoms with Crippen LogP contribution in [0.5, 0.6) is 0 Å². The van der Waals surface area contributed by atoms with Gasteiger partial charge in [0.25, 0.3) is 0 Å². The van der Waals surface area contributed by atoms with Crippen molar-refractivity contribution in [2.45, 2.75) is 41.0 Å². The van der Waals surface area contributed by atoms with Crippen molar-refractivity contribution in [2.24, 2.45) is 11.8 Å². The Kier molecular flexibility index (Phi) is 5.56. The Morgan fingerprint density at radius 1 is 1.06 bits per heavy atom. The molecule has 1 aromatic rings. The van der Waals surface area contributed by atoms with E-state index in [1.54, 1.807) is 6.33 Å². The summed E-state index contributed by atoms with van der Waals surface area (Å²) in [5, 5.41) is 3.50. The van der Waals surface area contributed by atoms with E-state index in [1.165, 1.54) is 5.56 Å². The lowest BCUT2D eigenvalue weighted by atomic mass is 9.98. The Balaban J connectivity index is 2.47. The largest absolute Gasteiger partial charge is 0.316 e. The first kappa shape index (κ1) is 14.1. The van der Waals surface area contributed by atoms with Crippen LogP contribution in [0.2, 0.25) is 0 Å². The number of hydrogen-bond acceptors (Lipinski definition) is 3. The van der Waals surface area contributed by atoms with Crippen LogP contribution in [0.25, 0.3) is 0 Å². The highest BCUT2D eigenvalue weighted by Crippen LogP contribution is 2.13. The van der Waals surface area contributed by atoms with Gasteiger partial charge in [-0.25, -0.2) is 9.97 Å². The first-order chi connectivity index (χ1) is 8.00. The van der Waals surface area contributed by atoms with Crippen LogP contribution in [0.1, 0.15) is 37.7 Å². The van der Waals surface area contributed by atoms with Gasteiger partial charge in [-0.3, -0.25) is 0 Å². The molecule has 0 bridgehead atoms. The summed E-state index contributed by atoms with van der Waals surface area (Å²) in [6.07, 6.45) is 2.71. The third-order valence-electron chi connectivity index (χ3n) is 2.97. The lowest BCUT2D eigenvalue weighted by molar-refractivity contribution is 0.471.